The second-order valence-corrected chi connectivity index (χ2v) is 7.39. The highest BCUT2D eigenvalue weighted by atomic mass is 19.4. The Morgan fingerprint density at radius 3 is 2.54 bits per heavy atom. The lowest BCUT2D eigenvalue weighted by molar-refractivity contribution is -0.137. The van der Waals surface area contributed by atoms with Gasteiger partial charge in [-0.1, -0.05) is 6.07 Å². The van der Waals surface area contributed by atoms with Gasteiger partial charge in [0.15, 0.2) is 5.82 Å². The Hall–Kier alpha value is -2.71. The molecular weight excluding hydrogens is 371 g/mol. The first-order chi connectivity index (χ1) is 13.3. The molecule has 1 saturated carbocycles. The van der Waals surface area contributed by atoms with E-state index in [4.69, 9.17) is 0 Å². The van der Waals surface area contributed by atoms with E-state index in [2.05, 4.69) is 26.5 Å². The monoisotopic (exact) mass is 393 g/mol. The Bertz CT molecular complexity index is 867. The minimum absolute atomic E-state index is 0.184. The third kappa shape index (κ3) is 3.93. The number of carbonyl (C=O) groups is 1. The average Bonchev–Trinajstić information content (AvgIpc) is 3.39. The van der Waals surface area contributed by atoms with Gasteiger partial charge in [0.1, 0.15) is 0 Å². The standard InChI is InChI=1S/C19H22F3N5O/c1-12-2-5-14(19(20,21)22)10-15(12)23-18(28)27-8-6-26(7-9-27)17-11-16(24-25-17)13-3-4-13/h2,5,10-11,13H,3-4,6-9H2,1H3,(H,23,28)(H,24,25). The molecule has 150 valence electrons. The smallest absolute Gasteiger partial charge is 0.352 e. The molecule has 1 saturated heterocycles. The van der Waals surface area contributed by atoms with Gasteiger partial charge in [-0.3, -0.25) is 5.10 Å². The van der Waals surface area contributed by atoms with E-state index in [1.807, 2.05) is 0 Å². The van der Waals surface area contributed by atoms with Gasteiger partial charge < -0.3 is 15.1 Å². The van der Waals surface area contributed by atoms with E-state index in [0.29, 0.717) is 37.7 Å². The van der Waals surface area contributed by atoms with Crippen LogP contribution in [0, 0.1) is 6.92 Å². The summed E-state index contributed by atoms with van der Waals surface area (Å²) in [6.07, 6.45) is -2.04. The molecule has 2 aromatic rings. The van der Waals surface area contributed by atoms with Crippen molar-refractivity contribution >= 4 is 17.5 Å². The number of rotatable bonds is 3. The van der Waals surface area contributed by atoms with Crippen LogP contribution in [0.1, 0.15) is 35.6 Å². The minimum Gasteiger partial charge on any atom is -0.352 e. The fourth-order valence-corrected chi connectivity index (χ4v) is 3.36. The van der Waals surface area contributed by atoms with E-state index in [9.17, 15) is 18.0 Å². The number of piperazine rings is 1. The van der Waals surface area contributed by atoms with Crippen molar-refractivity contribution in [2.24, 2.45) is 0 Å². The van der Waals surface area contributed by atoms with Crippen molar-refractivity contribution in [3.63, 3.8) is 0 Å². The lowest BCUT2D eigenvalue weighted by Crippen LogP contribution is -2.50. The molecule has 2 aliphatic rings. The fraction of sp³-hybridized carbons (Fsp3) is 0.474. The number of nitrogens with one attached hydrogen (secondary N) is 2. The summed E-state index contributed by atoms with van der Waals surface area (Å²) >= 11 is 0. The first-order valence-corrected chi connectivity index (χ1v) is 9.35. The summed E-state index contributed by atoms with van der Waals surface area (Å²) in [5, 5.41) is 10.1. The number of aryl methyl sites for hydroxylation is 1. The highest BCUT2D eigenvalue weighted by Crippen LogP contribution is 2.40. The first kappa shape index (κ1) is 18.6. The van der Waals surface area contributed by atoms with Gasteiger partial charge in [-0.25, -0.2) is 4.79 Å². The predicted molar refractivity (Wildman–Crippen MR) is 99.5 cm³/mol. The Labute approximate surface area is 160 Å². The van der Waals surface area contributed by atoms with Crippen LogP contribution in [0.2, 0.25) is 0 Å². The lowest BCUT2D eigenvalue weighted by Gasteiger charge is -2.34. The molecule has 28 heavy (non-hydrogen) atoms. The molecule has 2 N–H and O–H groups in total. The van der Waals surface area contributed by atoms with Crippen LogP contribution in [0.25, 0.3) is 0 Å². The summed E-state index contributed by atoms with van der Waals surface area (Å²) in [6, 6.07) is 5.05. The summed E-state index contributed by atoms with van der Waals surface area (Å²) in [7, 11) is 0. The average molecular weight is 393 g/mol. The molecule has 1 aliphatic carbocycles. The van der Waals surface area contributed by atoms with Crippen molar-refractivity contribution in [2.45, 2.75) is 31.9 Å². The summed E-state index contributed by atoms with van der Waals surface area (Å²) in [6.45, 7) is 3.89. The molecule has 4 rings (SSSR count). The van der Waals surface area contributed by atoms with Crippen LogP contribution in [-0.4, -0.2) is 47.3 Å². The van der Waals surface area contributed by atoms with Gasteiger partial charge in [0.25, 0.3) is 0 Å². The van der Waals surface area contributed by atoms with Gasteiger partial charge in [0.05, 0.1) is 5.56 Å². The van der Waals surface area contributed by atoms with Crippen LogP contribution in [0.4, 0.5) is 29.5 Å². The van der Waals surface area contributed by atoms with Gasteiger partial charge in [-0.2, -0.15) is 18.3 Å². The summed E-state index contributed by atoms with van der Waals surface area (Å²) in [5.74, 6) is 1.49. The molecular formula is C19H22F3N5O. The number of benzene rings is 1. The van der Waals surface area contributed by atoms with Crippen LogP contribution < -0.4 is 10.2 Å². The van der Waals surface area contributed by atoms with Crippen LogP contribution in [0.15, 0.2) is 24.3 Å². The van der Waals surface area contributed by atoms with Crippen LogP contribution >= 0.6 is 0 Å². The van der Waals surface area contributed by atoms with E-state index >= 15 is 0 Å². The van der Waals surface area contributed by atoms with Gasteiger partial charge in [0, 0.05) is 49.5 Å². The topological polar surface area (TPSA) is 64.3 Å². The number of nitrogens with zero attached hydrogens (tertiary/aromatic N) is 3. The SMILES string of the molecule is Cc1ccc(C(F)(F)F)cc1NC(=O)N1CCN(c2cc(C3CC3)[nH]n2)CC1. The van der Waals surface area contributed by atoms with E-state index in [-0.39, 0.29) is 11.7 Å². The van der Waals surface area contributed by atoms with Crippen molar-refractivity contribution in [1.82, 2.24) is 15.1 Å². The molecule has 1 aromatic carbocycles. The number of alkyl halides is 3. The van der Waals surface area contributed by atoms with Crippen LogP contribution in [0.3, 0.4) is 0 Å². The first-order valence-electron chi connectivity index (χ1n) is 9.35. The van der Waals surface area contributed by atoms with Crippen molar-refractivity contribution < 1.29 is 18.0 Å². The van der Waals surface area contributed by atoms with E-state index in [1.54, 1.807) is 11.8 Å². The van der Waals surface area contributed by atoms with Gasteiger partial charge in [-0.15, -0.1) is 0 Å². The number of amides is 2. The molecule has 0 spiro atoms. The molecule has 1 aromatic heterocycles. The summed E-state index contributed by atoms with van der Waals surface area (Å²) in [4.78, 5) is 16.2. The highest BCUT2D eigenvalue weighted by Gasteiger charge is 2.31. The quantitative estimate of drug-likeness (QED) is 0.830. The molecule has 0 atom stereocenters. The molecule has 1 aliphatic heterocycles. The Balaban J connectivity index is 1.36. The Morgan fingerprint density at radius 2 is 1.89 bits per heavy atom. The zero-order valence-corrected chi connectivity index (χ0v) is 15.5. The number of hydrogen-bond donors (Lipinski definition) is 2. The van der Waals surface area contributed by atoms with Crippen molar-refractivity contribution in [2.75, 3.05) is 36.4 Å². The van der Waals surface area contributed by atoms with Gasteiger partial charge in [-0.05, 0) is 37.5 Å². The largest absolute Gasteiger partial charge is 0.416 e. The number of carbonyl (C=O) groups excluding carboxylic acids is 1. The number of aromatic amines is 1. The third-order valence-corrected chi connectivity index (χ3v) is 5.30. The predicted octanol–water partition coefficient (Wildman–Crippen LogP) is 3.97. The maximum atomic E-state index is 12.9. The van der Waals surface area contributed by atoms with Crippen molar-refractivity contribution in [3.8, 4) is 0 Å². The fourth-order valence-electron chi connectivity index (χ4n) is 3.36. The third-order valence-electron chi connectivity index (χ3n) is 5.30. The molecule has 0 bridgehead atoms. The van der Waals surface area contributed by atoms with Gasteiger partial charge >= 0.3 is 12.2 Å². The minimum atomic E-state index is -4.44. The molecule has 0 unspecified atom stereocenters. The Morgan fingerprint density at radius 1 is 1.18 bits per heavy atom. The van der Waals surface area contributed by atoms with Crippen molar-refractivity contribution in [3.05, 3.63) is 41.1 Å². The van der Waals surface area contributed by atoms with Crippen LogP contribution in [-0.2, 0) is 6.18 Å². The van der Waals surface area contributed by atoms with Gasteiger partial charge in [0.2, 0.25) is 0 Å². The zero-order valence-electron chi connectivity index (χ0n) is 15.5. The second kappa shape index (κ2) is 7.03. The van der Waals surface area contributed by atoms with E-state index in [1.165, 1.54) is 18.9 Å². The number of anilines is 2. The molecule has 2 amide bonds. The number of halogens is 3. The zero-order chi connectivity index (χ0) is 19.9. The summed E-state index contributed by atoms with van der Waals surface area (Å²) in [5.41, 5.74) is 1.16. The molecule has 2 heterocycles. The maximum absolute atomic E-state index is 12.9. The number of hydrogen-bond acceptors (Lipinski definition) is 3. The molecule has 2 fully saturated rings. The molecule has 0 radical (unpaired) electrons. The number of aromatic nitrogens is 2. The lowest BCUT2D eigenvalue weighted by atomic mass is 10.1. The normalized spacial score (nSPS) is 17.7. The highest BCUT2D eigenvalue weighted by molar-refractivity contribution is 5.90. The molecule has 9 heteroatoms. The van der Waals surface area contributed by atoms with E-state index in [0.717, 1.165) is 23.6 Å². The maximum Gasteiger partial charge on any atom is 0.416 e. The van der Waals surface area contributed by atoms with Crippen molar-refractivity contribution in [1.29, 1.82) is 0 Å². The summed E-state index contributed by atoms with van der Waals surface area (Å²) < 4.78 is 38.7. The molecule has 6 nitrogen and oxygen atoms in total. The van der Waals surface area contributed by atoms with Crippen LogP contribution in [0.5, 0.6) is 0 Å². The Kier molecular flexibility index (Phi) is 4.68. The van der Waals surface area contributed by atoms with E-state index < -0.39 is 11.7 Å². The number of H-pyrrole nitrogens is 1. The number of urea groups is 1. The second-order valence-electron chi connectivity index (χ2n) is 7.39.